The Kier molecular flexibility index (Phi) is 2.64. The highest BCUT2D eigenvalue weighted by Gasteiger charge is 2.08. The Bertz CT molecular complexity index is 347. The van der Waals surface area contributed by atoms with E-state index in [-0.39, 0.29) is 0 Å². The molecule has 4 heteroatoms. The first-order chi connectivity index (χ1) is 6.11. The van der Waals surface area contributed by atoms with Gasteiger partial charge in [-0.2, -0.15) is 0 Å². The maximum Gasteiger partial charge on any atom is 0.313 e. The van der Waals surface area contributed by atoms with E-state index in [0.29, 0.717) is 5.69 Å². The Morgan fingerprint density at radius 2 is 1.92 bits per heavy atom. The van der Waals surface area contributed by atoms with Gasteiger partial charge in [-0.05, 0) is 18.6 Å². The van der Waals surface area contributed by atoms with Gasteiger partial charge in [-0.3, -0.25) is 9.59 Å². The minimum Gasteiger partial charge on any atom is -0.361 e. The number of para-hydroxylation sites is 1. The molecule has 0 aromatic heterocycles. The third-order valence-electron chi connectivity index (χ3n) is 1.62. The molecule has 13 heavy (non-hydrogen) atoms. The Morgan fingerprint density at radius 1 is 1.31 bits per heavy atom. The van der Waals surface area contributed by atoms with Gasteiger partial charge in [0.25, 0.3) is 0 Å². The highest BCUT2D eigenvalue weighted by Crippen LogP contribution is 2.12. The van der Waals surface area contributed by atoms with E-state index in [0.717, 1.165) is 5.56 Å². The van der Waals surface area contributed by atoms with Crippen molar-refractivity contribution in [1.29, 1.82) is 0 Å². The zero-order valence-corrected chi connectivity index (χ0v) is 7.20. The number of primary amides is 1. The summed E-state index contributed by atoms with van der Waals surface area (Å²) in [7, 11) is 0. The summed E-state index contributed by atoms with van der Waals surface area (Å²) in [6.45, 7) is 1.83. The molecule has 68 valence electrons. The van der Waals surface area contributed by atoms with Gasteiger partial charge in [-0.25, -0.2) is 0 Å². The highest BCUT2D eigenvalue weighted by molar-refractivity contribution is 6.39. The maximum atomic E-state index is 10.9. The first kappa shape index (κ1) is 9.25. The lowest BCUT2D eigenvalue weighted by Gasteiger charge is -2.04. The molecule has 0 saturated carbocycles. The number of benzene rings is 1. The quantitative estimate of drug-likeness (QED) is 0.611. The van der Waals surface area contributed by atoms with E-state index in [1.165, 1.54) is 0 Å². The fourth-order valence-corrected chi connectivity index (χ4v) is 0.897. The number of aryl methyl sites for hydroxylation is 1. The van der Waals surface area contributed by atoms with Crippen molar-refractivity contribution in [2.24, 2.45) is 5.73 Å². The molecule has 0 aliphatic carbocycles. The van der Waals surface area contributed by atoms with Gasteiger partial charge >= 0.3 is 11.8 Å². The van der Waals surface area contributed by atoms with Crippen LogP contribution in [0.25, 0.3) is 0 Å². The zero-order valence-electron chi connectivity index (χ0n) is 7.20. The minimum absolute atomic E-state index is 0.603. The van der Waals surface area contributed by atoms with E-state index in [4.69, 9.17) is 5.73 Å². The number of carbonyl (C=O) groups excluding carboxylic acids is 2. The van der Waals surface area contributed by atoms with Gasteiger partial charge in [0.05, 0.1) is 0 Å². The number of rotatable bonds is 1. The summed E-state index contributed by atoms with van der Waals surface area (Å²) in [6.07, 6.45) is 0. The van der Waals surface area contributed by atoms with Gasteiger partial charge in [0.15, 0.2) is 0 Å². The summed E-state index contributed by atoms with van der Waals surface area (Å²) in [5, 5.41) is 2.40. The van der Waals surface area contributed by atoms with Crippen LogP contribution in [0, 0.1) is 6.92 Å². The molecule has 0 radical (unpaired) electrons. The van der Waals surface area contributed by atoms with Crippen LogP contribution in [0.2, 0.25) is 0 Å². The topological polar surface area (TPSA) is 72.2 Å². The summed E-state index contributed by atoms with van der Waals surface area (Å²) in [4.78, 5) is 21.3. The zero-order chi connectivity index (χ0) is 9.84. The molecule has 0 heterocycles. The number of amides is 2. The number of carbonyl (C=O) groups is 2. The number of nitrogens with one attached hydrogen (secondary N) is 1. The van der Waals surface area contributed by atoms with Gasteiger partial charge in [-0.15, -0.1) is 0 Å². The predicted octanol–water partition coefficient (Wildman–Crippen LogP) is 0.419. The number of hydrogen-bond donors (Lipinski definition) is 2. The summed E-state index contributed by atoms with van der Waals surface area (Å²) >= 11 is 0. The monoisotopic (exact) mass is 178 g/mol. The Morgan fingerprint density at radius 3 is 2.46 bits per heavy atom. The van der Waals surface area contributed by atoms with Gasteiger partial charge < -0.3 is 11.1 Å². The molecule has 2 amide bonds. The predicted molar refractivity (Wildman–Crippen MR) is 49.0 cm³/mol. The van der Waals surface area contributed by atoms with E-state index < -0.39 is 11.8 Å². The first-order valence-electron chi connectivity index (χ1n) is 3.77. The Balaban J connectivity index is 2.81. The van der Waals surface area contributed by atoms with Crippen molar-refractivity contribution < 1.29 is 9.59 Å². The molecule has 0 bridgehead atoms. The molecule has 0 spiro atoms. The Labute approximate surface area is 75.7 Å². The van der Waals surface area contributed by atoms with Crippen molar-refractivity contribution in [2.75, 3.05) is 5.32 Å². The van der Waals surface area contributed by atoms with Crippen LogP contribution < -0.4 is 11.1 Å². The minimum atomic E-state index is -0.983. The molecule has 0 aliphatic heterocycles. The summed E-state index contributed by atoms with van der Waals surface area (Å²) in [6, 6.07) is 7.14. The number of hydrogen-bond acceptors (Lipinski definition) is 2. The second-order valence-corrected chi connectivity index (χ2v) is 2.63. The van der Waals surface area contributed by atoms with E-state index in [9.17, 15) is 9.59 Å². The molecule has 4 nitrogen and oxygen atoms in total. The standard InChI is InChI=1S/C9H10N2O2/c1-6-4-2-3-5-7(6)11-9(13)8(10)12/h2-5H,1H3,(H2,10,12)(H,11,13). The van der Waals surface area contributed by atoms with Crippen LogP contribution in [0.3, 0.4) is 0 Å². The van der Waals surface area contributed by atoms with Gasteiger partial charge in [0.2, 0.25) is 0 Å². The second kappa shape index (κ2) is 3.71. The van der Waals surface area contributed by atoms with Crippen LogP contribution in [0.5, 0.6) is 0 Å². The van der Waals surface area contributed by atoms with Crippen LogP contribution in [0.4, 0.5) is 5.69 Å². The smallest absolute Gasteiger partial charge is 0.313 e. The lowest BCUT2D eigenvalue weighted by molar-refractivity contribution is -0.134. The van der Waals surface area contributed by atoms with Crippen LogP contribution >= 0.6 is 0 Å². The third-order valence-corrected chi connectivity index (χ3v) is 1.62. The average Bonchev–Trinajstić information content (AvgIpc) is 2.08. The maximum absolute atomic E-state index is 10.9. The summed E-state index contributed by atoms with van der Waals surface area (Å²) in [5.74, 6) is -1.78. The van der Waals surface area contributed by atoms with Crippen molar-refractivity contribution in [3.63, 3.8) is 0 Å². The van der Waals surface area contributed by atoms with E-state index in [2.05, 4.69) is 5.32 Å². The molecule has 0 saturated heterocycles. The lowest BCUT2D eigenvalue weighted by Crippen LogP contribution is -2.29. The van der Waals surface area contributed by atoms with Crippen molar-refractivity contribution in [3.05, 3.63) is 29.8 Å². The molecule has 1 rings (SSSR count). The molecule has 3 N–H and O–H groups in total. The Hall–Kier alpha value is -1.84. The summed E-state index contributed by atoms with van der Waals surface area (Å²) in [5.41, 5.74) is 6.27. The molecule has 1 aromatic rings. The first-order valence-corrected chi connectivity index (χ1v) is 3.77. The van der Waals surface area contributed by atoms with Crippen molar-refractivity contribution in [1.82, 2.24) is 0 Å². The molecule has 0 aliphatic rings. The molecule has 1 aromatic carbocycles. The fraction of sp³-hybridized carbons (Fsp3) is 0.111. The second-order valence-electron chi connectivity index (χ2n) is 2.63. The highest BCUT2D eigenvalue weighted by atomic mass is 16.2. The van der Waals surface area contributed by atoms with Crippen molar-refractivity contribution in [3.8, 4) is 0 Å². The molecule has 0 fully saturated rings. The van der Waals surface area contributed by atoms with Crippen molar-refractivity contribution in [2.45, 2.75) is 6.92 Å². The van der Waals surface area contributed by atoms with E-state index >= 15 is 0 Å². The molecular formula is C9H10N2O2. The van der Waals surface area contributed by atoms with Gasteiger partial charge in [-0.1, -0.05) is 18.2 Å². The van der Waals surface area contributed by atoms with Crippen LogP contribution in [-0.4, -0.2) is 11.8 Å². The number of anilines is 1. The van der Waals surface area contributed by atoms with Crippen molar-refractivity contribution >= 4 is 17.5 Å². The molecule has 0 unspecified atom stereocenters. The largest absolute Gasteiger partial charge is 0.361 e. The SMILES string of the molecule is Cc1ccccc1NC(=O)C(N)=O. The normalized spacial score (nSPS) is 9.31. The average molecular weight is 178 g/mol. The lowest BCUT2D eigenvalue weighted by atomic mass is 10.2. The number of nitrogens with two attached hydrogens (primary N) is 1. The molecule has 0 atom stereocenters. The van der Waals surface area contributed by atoms with E-state index in [1.807, 2.05) is 19.1 Å². The van der Waals surface area contributed by atoms with Gasteiger partial charge in [0, 0.05) is 5.69 Å². The van der Waals surface area contributed by atoms with Crippen LogP contribution in [-0.2, 0) is 9.59 Å². The fourth-order valence-electron chi connectivity index (χ4n) is 0.897. The summed E-state index contributed by atoms with van der Waals surface area (Å²) < 4.78 is 0. The van der Waals surface area contributed by atoms with E-state index in [1.54, 1.807) is 12.1 Å². The van der Waals surface area contributed by atoms with Crippen LogP contribution in [0.1, 0.15) is 5.56 Å². The third kappa shape index (κ3) is 2.30. The van der Waals surface area contributed by atoms with Gasteiger partial charge in [0.1, 0.15) is 0 Å². The van der Waals surface area contributed by atoms with Crippen LogP contribution in [0.15, 0.2) is 24.3 Å². The molecular weight excluding hydrogens is 168 g/mol.